The number of benzene rings is 1. The van der Waals surface area contributed by atoms with E-state index in [0.29, 0.717) is 0 Å². The molecule has 0 aliphatic rings. The first-order chi connectivity index (χ1) is 4.61. The maximum atomic E-state index is 10.5. The Hall–Kier alpha value is 0.370. The molecule has 0 bridgehead atoms. The summed E-state index contributed by atoms with van der Waals surface area (Å²) in [5.74, 6) is 0. The van der Waals surface area contributed by atoms with Gasteiger partial charge >= 0.3 is 37.2 Å². The van der Waals surface area contributed by atoms with Gasteiger partial charge in [0.1, 0.15) is 0 Å². The van der Waals surface area contributed by atoms with Crippen molar-refractivity contribution >= 4 is 42.5 Å². The molecule has 0 unspecified atom stereocenters. The summed E-state index contributed by atoms with van der Waals surface area (Å²) in [5.41, 5.74) is 0. The Morgan fingerprint density at radius 3 is 1.82 bits per heavy atom. The molecule has 0 heterocycles. The van der Waals surface area contributed by atoms with Crippen molar-refractivity contribution in [2.45, 2.75) is 0 Å². The summed E-state index contributed by atoms with van der Waals surface area (Å²) < 4.78 is 10.5. The van der Waals surface area contributed by atoms with Crippen LogP contribution in [0.4, 0.5) is 0 Å². The van der Waals surface area contributed by atoms with Crippen molar-refractivity contribution in [3.05, 3.63) is 30.3 Å². The summed E-state index contributed by atoms with van der Waals surface area (Å²) in [5, 5.41) is 0.0648. The molecule has 0 spiro atoms. The average molecular weight is 182 g/mol. The molecule has 0 aromatic heterocycles. The first-order valence-corrected chi connectivity index (χ1v) is 4.33. The van der Waals surface area contributed by atoms with E-state index in [2.05, 4.69) is 0 Å². The van der Waals surface area contributed by atoms with Crippen LogP contribution in [0.5, 0.6) is 0 Å². The van der Waals surface area contributed by atoms with Gasteiger partial charge in [-0.3, -0.25) is 4.57 Å². The van der Waals surface area contributed by atoms with Crippen LogP contribution in [0, 0.1) is 0 Å². The van der Waals surface area contributed by atoms with Crippen molar-refractivity contribution in [3.63, 3.8) is 0 Å². The van der Waals surface area contributed by atoms with Crippen molar-refractivity contribution in [3.8, 4) is 0 Å². The predicted molar refractivity (Wildman–Crippen MR) is 45.3 cm³/mol. The zero-order valence-electron chi connectivity index (χ0n) is 5.14. The fraction of sp³-hybridized carbons (Fsp3) is 0. The Kier molecular flexibility index (Phi) is 4.56. The van der Waals surface area contributed by atoms with E-state index in [4.69, 9.17) is 9.79 Å². The molecule has 11 heavy (non-hydrogen) atoms. The average Bonchev–Trinajstić information content (AvgIpc) is 1.88. The molecular formula is C6H8NaO3P. The predicted octanol–water partition coefficient (Wildman–Crippen LogP) is -0.159. The molecule has 5 heteroatoms. The van der Waals surface area contributed by atoms with E-state index in [0.717, 1.165) is 0 Å². The summed E-state index contributed by atoms with van der Waals surface area (Å²) in [7, 11) is -4.02. The van der Waals surface area contributed by atoms with Gasteiger partial charge in [0.25, 0.3) is 0 Å². The Bertz CT molecular complexity index is 256. The van der Waals surface area contributed by atoms with Crippen molar-refractivity contribution in [1.29, 1.82) is 0 Å². The van der Waals surface area contributed by atoms with E-state index in [-0.39, 0.29) is 34.9 Å². The van der Waals surface area contributed by atoms with Gasteiger partial charge in [0.05, 0.1) is 5.30 Å². The Labute approximate surface area is 86.9 Å². The molecular weight excluding hydrogens is 174 g/mol. The van der Waals surface area contributed by atoms with E-state index in [9.17, 15) is 4.57 Å². The van der Waals surface area contributed by atoms with Crippen molar-refractivity contribution < 1.29 is 14.4 Å². The summed E-state index contributed by atoms with van der Waals surface area (Å²) in [6, 6.07) is 7.70. The zero-order valence-corrected chi connectivity index (χ0v) is 6.03. The van der Waals surface area contributed by atoms with Crippen LogP contribution in [0.3, 0.4) is 0 Å². The van der Waals surface area contributed by atoms with Crippen molar-refractivity contribution in [2.24, 2.45) is 0 Å². The third-order valence-electron chi connectivity index (χ3n) is 1.09. The molecule has 0 aliphatic heterocycles. The van der Waals surface area contributed by atoms with Gasteiger partial charge < -0.3 is 9.79 Å². The van der Waals surface area contributed by atoms with E-state index in [1.54, 1.807) is 18.2 Å². The van der Waals surface area contributed by atoms with Gasteiger partial charge in [-0.2, -0.15) is 0 Å². The standard InChI is InChI=1S/C6H7O3P.Na.H/c7-10(8,9)6-4-2-1-3-5-6;;/h1-5H,(H2,7,8,9);;. The van der Waals surface area contributed by atoms with Gasteiger partial charge in [0, 0.05) is 0 Å². The Morgan fingerprint density at radius 1 is 1.09 bits per heavy atom. The van der Waals surface area contributed by atoms with E-state index < -0.39 is 7.60 Å². The molecule has 1 rings (SSSR count). The second-order valence-electron chi connectivity index (χ2n) is 1.88. The molecule has 0 saturated heterocycles. The Balaban J connectivity index is 0.000001000. The topological polar surface area (TPSA) is 57.5 Å². The number of hydrogen-bond acceptors (Lipinski definition) is 1. The molecule has 2 N–H and O–H groups in total. The molecule has 56 valence electrons. The second-order valence-corrected chi connectivity index (χ2v) is 3.48. The quantitative estimate of drug-likeness (QED) is 0.468. The molecule has 0 radical (unpaired) electrons. The van der Waals surface area contributed by atoms with Gasteiger partial charge in [-0.05, 0) is 12.1 Å². The van der Waals surface area contributed by atoms with Crippen LogP contribution in [0.1, 0.15) is 0 Å². The molecule has 0 fully saturated rings. The van der Waals surface area contributed by atoms with Gasteiger partial charge in [-0.25, -0.2) is 0 Å². The van der Waals surface area contributed by atoms with Crippen LogP contribution in [-0.2, 0) is 4.57 Å². The molecule has 0 atom stereocenters. The van der Waals surface area contributed by atoms with E-state index in [1.807, 2.05) is 0 Å². The molecule has 1 aromatic carbocycles. The van der Waals surface area contributed by atoms with Gasteiger partial charge in [0.15, 0.2) is 0 Å². The molecule has 3 nitrogen and oxygen atoms in total. The fourth-order valence-corrected chi connectivity index (χ4v) is 1.18. The Morgan fingerprint density at radius 2 is 1.55 bits per heavy atom. The number of hydrogen-bond donors (Lipinski definition) is 2. The van der Waals surface area contributed by atoms with Crippen LogP contribution in [0.15, 0.2) is 30.3 Å². The summed E-state index contributed by atoms with van der Waals surface area (Å²) in [4.78, 5) is 17.2. The summed E-state index contributed by atoms with van der Waals surface area (Å²) >= 11 is 0. The van der Waals surface area contributed by atoms with Crippen LogP contribution in [0.2, 0.25) is 0 Å². The van der Waals surface area contributed by atoms with Gasteiger partial charge in [0.2, 0.25) is 0 Å². The van der Waals surface area contributed by atoms with E-state index >= 15 is 0 Å². The van der Waals surface area contributed by atoms with Crippen molar-refractivity contribution in [1.82, 2.24) is 0 Å². The summed E-state index contributed by atoms with van der Waals surface area (Å²) in [6.07, 6.45) is 0. The number of rotatable bonds is 1. The van der Waals surface area contributed by atoms with Crippen LogP contribution in [-0.4, -0.2) is 39.3 Å². The van der Waals surface area contributed by atoms with Gasteiger partial charge in [-0.15, -0.1) is 0 Å². The first-order valence-electron chi connectivity index (χ1n) is 2.72. The molecule has 0 saturated carbocycles. The minimum absolute atomic E-state index is 0. The fourth-order valence-electron chi connectivity index (χ4n) is 0.622. The molecule has 0 aliphatic carbocycles. The first kappa shape index (κ1) is 11.4. The van der Waals surface area contributed by atoms with Crippen LogP contribution < -0.4 is 5.30 Å². The van der Waals surface area contributed by atoms with E-state index in [1.165, 1.54) is 12.1 Å². The second kappa shape index (κ2) is 4.41. The molecule has 0 amide bonds. The maximum absolute atomic E-state index is 10.5. The van der Waals surface area contributed by atoms with Crippen molar-refractivity contribution in [2.75, 3.05) is 0 Å². The third-order valence-corrected chi connectivity index (χ3v) is 2.06. The normalized spacial score (nSPS) is 10.4. The zero-order chi connectivity index (χ0) is 7.61. The van der Waals surface area contributed by atoms with Crippen LogP contribution >= 0.6 is 7.60 Å². The SMILES string of the molecule is O=P(O)(O)c1ccccc1.[NaH]. The molecule has 1 aromatic rings. The summed E-state index contributed by atoms with van der Waals surface area (Å²) in [6.45, 7) is 0. The van der Waals surface area contributed by atoms with Gasteiger partial charge in [-0.1, -0.05) is 18.2 Å². The van der Waals surface area contributed by atoms with Crippen LogP contribution in [0.25, 0.3) is 0 Å². The third kappa shape index (κ3) is 3.52. The minimum atomic E-state index is -4.02. The monoisotopic (exact) mass is 182 g/mol.